The van der Waals surface area contributed by atoms with Gasteiger partial charge in [0.05, 0.1) is 5.60 Å². The molecular formula is C10H14N2O4. The zero-order valence-corrected chi connectivity index (χ0v) is 9.02. The number of hydrogen-bond donors (Lipinski definition) is 2. The van der Waals surface area contributed by atoms with E-state index in [1.54, 1.807) is 0 Å². The molecule has 6 heteroatoms. The van der Waals surface area contributed by atoms with Crippen molar-refractivity contribution < 1.29 is 19.1 Å². The molecule has 1 aromatic heterocycles. The van der Waals surface area contributed by atoms with Crippen molar-refractivity contribution in [1.29, 1.82) is 0 Å². The van der Waals surface area contributed by atoms with Gasteiger partial charge in [0.1, 0.15) is 6.26 Å². The van der Waals surface area contributed by atoms with E-state index in [9.17, 15) is 4.79 Å². The second-order valence-corrected chi connectivity index (χ2v) is 4.10. The molecule has 0 radical (unpaired) electrons. The lowest BCUT2D eigenvalue weighted by Crippen LogP contribution is -2.32. The number of carbonyl (C=O) groups is 1. The molecule has 2 heterocycles. The van der Waals surface area contributed by atoms with Gasteiger partial charge in [0.15, 0.2) is 5.69 Å². The van der Waals surface area contributed by atoms with Crippen molar-refractivity contribution in [3.05, 3.63) is 12.0 Å². The minimum absolute atomic E-state index is 0.0972. The van der Waals surface area contributed by atoms with E-state index in [4.69, 9.17) is 14.3 Å². The fourth-order valence-corrected chi connectivity index (χ4v) is 1.69. The molecule has 0 aromatic carbocycles. The molecule has 0 bridgehead atoms. The van der Waals surface area contributed by atoms with Crippen LogP contribution in [0.2, 0.25) is 0 Å². The molecule has 0 spiro atoms. The average molecular weight is 226 g/mol. The summed E-state index contributed by atoms with van der Waals surface area (Å²) in [4.78, 5) is 14.3. The van der Waals surface area contributed by atoms with Crippen LogP contribution in [0.5, 0.6) is 0 Å². The number of aromatic nitrogens is 1. The van der Waals surface area contributed by atoms with E-state index >= 15 is 0 Å². The highest BCUT2D eigenvalue weighted by molar-refractivity contribution is 5.85. The van der Waals surface area contributed by atoms with E-state index in [-0.39, 0.29) is 17.3 Å². The Labute approximate surface area is 92.6 Å². The van der Waals surface area contributed by atoms with Gasteiger partial charge in [-0.25, -0.2) is 4.79 Å². The van der Waals surface area contributed by atoms with Crippen molar-refractivity contribution >= 4 is 12.0 Å². The van der Waals surface area contributed by atoms with Crippen LogP contribution in [0, 0.1) is 0 Å². The molecule has 1 atom stereocenters. The first-order valence-electron chi connectivity index (χ1n) is 5.16. The molecular weight excluding hydrogens is 212 g/mol. The molecule has 1 unspecified atom stereocenters. The van der Waals surface area contributed by atoms with Crippen molar-refractivity contribution in [2.75, 3.05) is 18.5 Å². The average Bonchev–Trinajstić information content (AvgIpc) is 2.84. The van der Waals surface area contributed by atoms with Crippen LogP contribution in [0.3, 0.4) is 0 Å². The zero-order chi connectivity index (χ0) is 11.6. The van der Waals surface area contributed by atoms with E-state index in [0.717, 1.165) is 25.7 Å². The van der Waals surface area contributed by atoms with Crippen LogP contribution >= 0.6 is 0 Å². The molecule has 16 heavy (non-hydrogen) atoms. The molecule has 0 aliphatic carbocycles. The Morgan fingerprint density at radius 2 is 2.56 bits per heavy atom. The summed E-state index contributed by atoms with van der Waals surface area (Å²) in [5.74, 6) is -1.10. The summed E-state index contributed by atoms with van der Waals surface area (Å²) < 4.78 is 10.5. The molecule has 88 valence electrons. The van der Waals surface area contributed by atoms with E-state index in [1.807, 2.05) is 6.92 Å². The second-order valence-electron chi connectivity index (χ2n) is 4.10. The number of carboxylic acid groups (broad SMARTS) is 1. The van der Waals surface area contributed by atoms with Crippen LogP contribution in [0.4, 0.5) is 6.01 Å². The SMILES string of the molecule is CC1(CNc2nc(C(=O)O)co2)CCCO1. The van der Waals surface area contributed by atoms with E-state index in [0.29, 0.717) is 6.54 Å². The van der Waals surface area contributed by atoms with Crippen LogP contribution in [0.1, 0.15) is 30.3 Å². The topological polar surface area (TPSA) is 84.6 Å². The number of carboxylic acids is 1. The number of hydrogen-bond acceptors (Lipinski definition) is 5. The third-order valence-electron chi connectivity index (χ3n) is 2.64. The van der Waals surface area contributed by atoms with Gasteiger partial charge < -0.3 is 19.6 Å². The fourth-order valence-electron chi connectivity index (χ4n) is 1.69. The highest BCUT2D eigenvalue weighted by atomic mass is 16.5. The summed E-state index contributed by atoms with van der Waals surface area (Å²) >= 11 is 0. The largest absolute Gasteiger partial charge is 0.476 e. The number of aromatic carboxylic acids is 1. The first kappa shape index (κ1) is 10.9. The number of nitrogens with zero attached hydrogens (tertiary/aromatic N) is 1. The molecule has 1 aromatic rings. The molecule has 0 saturated carbocycles. The predicted molar refractivity (Wildman–Crippen MR) is 55.5 cm³/mol. The maximum Gasteiger partial charge on any atom is 0.357 e. The Bertz CT molecular complexity index is 382. The smallest absolute Gasteiger partial charge is 0.357 e. The van der Waals surface area contributed by atoms with Crippen LogP contribution in [-0.4, -0.2) is 34.8 Å². The van der Waals surface area contributed by atoms with Gasteiger partial charge >= 0.3 is 5.97 Å². The Hall–Kier alpha value is -1.56. The van der Waals surface area contributed by atoms with Crippen LogP contribution < -0.4 is 5.32 Å². The van der Waals surface area contributed by atoms with Crippen molar-refractivity contribution in [1.82, 2.24) is 4.98 Å². The zero-order valence-electron chi connectivity index (χ0n) is 9.02. The lowest BCUT2D eigenvalue weighted by molar-refractivity contribution is 0.0311. The molecule has 2 N–H and O–H groups in total. The summed E-state index contributed by atoms with van der Waals surface area (Å²) in [6.45, 7) is 3.34. The lowest BCUT2D eigenvalue weighted by Gasteiger charge is -2.22. The van der Waals surface area contributed by atoms with Crippen molar-refractivity contribution in [3.63, 3.8) is 0 Å². The first-order chi connectivity index (χ1) is 7.59. The number of ether oxygens (including phenoxy) is 1. The Morgan fingerprint density at radius 3 is 3.12 bits per heavy atom. The molecule has 1 aliphatic rings. The van der Waals surface area contributed by atoms with Gasteiger partial charge in [0, 0.05) is 13.2 Å². The summed E-state index contributed by atoms with van der Waals surface area (Å²) in [5, 5.41) is 11.6. The summed E-state index contributed by atoms with van der Waals surface area (Å²) in [6.07, 6.45) is 3.14. The standard InChI is InChI=1S/C10H14N2O4/c1-10(3-2-4-16-10)6-11-9-12-7(5-15-9)8(13)14/h5H,2-4,6H2,1H3,(H,11,12)(H,13,14). The van der Waals surface area contributed by atoms with E-state index in [2.05, 4.69) is 10.3 Å². The molecule has 2 rings (SSSR count). The number of rotatable bonds is 4. The second kappa shape index (κ2) is 4.13. The summed E-state index contributed by atoms with van der Waals surface area (Å²) in [7, 11) is 0. The highest BCUT2D eigenvalue weighted by Gasteiger charge is 2.29. The number of nitrogens with one attached hydrogen (secondary N) is 1. The minimum Gasteiger partial charge on any atom is -0.476 e. The lowest BCUT2D eigenvalue weighted by atomic mass is 10.0. The van der Waals surface area contributed by atoms with Crippen molar-refractivity contribution in [2.24, 2.45) is 0 Å². The Kier molecular flexibility index (Phi) is 2.82. The molecule has 0 amide bonds. The Morgan fingerprint density at radius 1 is 1.75 bits per heavy atom. The fraction of sp³-hybridized carbons (Fsp3) is 0.600. The number of anilines is 1. The van der Waals surface area contributed by atoms with Crippen LogP contribution in [0.25, 0.3) is 0 Å². The predicted octanol–water partition coefficient (Wildman–Crippen LogP) is 1.35. The van der Waals surface area contributed by atoms with Crippen molar-refractivity contribution in [2.45, 2.75) is 25.4 Å². The van der Waals surface area contributed by atoms with Gasteiger partial charge in [0.25, 0.3) is 6.01 Å². The van der Waals surface area contributed by atoms with Gasteiger partial charge in [-0.05, 0) is 19.8 Å². The number of oxazole rings is 1. The normalized spacial score (nSPS) is 24.6. The quantitative estimate of drug-likeness (QED) is 0.806. The van der Waals surface area contributed by atoms with Crippen molar-refractivity contribution in [3.8, 4) is 0 Å². The molecule has 1 saturated heterocycles. The van der Waals surface area contributed by atoms with E-state index < -0.39 is 5.97 Å². The highest BCUT2D eigenvalue weighted by Crippen LogP contribution is 2.25. The molecule has 1 fully saturated rings. The first-order valence-corrected chi connectivity index (χ1v) is 5.16. The molecule has 6 nitrogen and oxygen atoms in total. The Balaban J connectivity index is 1.91. The van der Waals surface area contributed by atoms with Crippen LogP contribution in [0.15, 0.2) is 10.7 Å². The summed E-state index contributed by atoms with van der Waals surface area (Å²) in [6, 6.07) is 0.217. The van der Waals surface area contributed by atoms with Gasteiger partial charge in [-0.15, -0.1) is 0 Å². The van der Waals surface area contributed by atoms with Crippen LogP contribution in [-0.2, 0) is 4.74 Å². The van der Waals surface area contributed by atoms with E-state index in [1.165, 1.54) is 0 Å². The van der Waals surface area contributed by atoms with Gasteiger partial charge in [-0.2, -0.15) is 4.98 Å². The summed E-state index contributed by atoms with van der Waals surface area (Å²) in [5.41, 5.74) is -0.308. The maximum atomic E-state index is 10.6. The molecule has 1 aliphatic heterocycles. The van der Waals surface area contributed by atoms with Gasteiger partial charge in [-0.3, -0.25) is 0 Å². The third kappa shape index (κ3) is 2.33. The van der Waals surface area contributed by atoms with Gasteiger partial charge in [0.2, 0.25) is 0 Å². The third-order valence-corrected chi connectivity index (χ3v) is 2.64. The monoisotopic (exact) mass is 226 g/mol. The maximum absolute atomic E-state index is 10.6. The van der Waals surface area contributed by atoms with Gasteiger partial charge in [-0.1, -0.05) is 0 Å². The minimum atomic E-state index is -1.10.